The molecule has 18 heavy (non-hydrogen) atoms. The summed E-state index contributed by atoms with van der Waals surface area (Å²) >= 11 is 0. The minimum atomic E-state index is 0.390. The summed E-state index contributed by atoms with van der Waals surface area (Å²) in [6, 6.07) is 3.95. The van der Waals surface area contributed by atoms with Crippen LogP contribution < -0.4 is 16.6 Å². The van der Waals surface area contributed by atoms with Crippen LogP contribution in [0.3, 0.4) is 0 Å². The highest BCUT2D eigenvalue weighted by atomic mass is 15.3. The maximum Gasteiger partial charge on any atom is 0.239 e. The Balaban J connectivity index is 2.13. The van der Waals surface area contributed by atoms with Crippen LogP contribution in [0.5, 0.6) is 0 Å². The largest absolute Gasteiger partial charge is 0.364 e. The average molecular weight is 244 g/mol. The van der Waals surface area contributed by atoms with Gasteiger partial charge in [-0.05, 0) is 25.5 Å². The lowest BCUT2D eigenvalue weighted by Gasteiger charge is -2.10. The van der Waals surface area contributed by atoms with Gasteiger partial charge in [0.25, 0.3) is 0 Å². The van der Waals surface area contributed by atoms with Crippen LogP contribution in [-0.4, -0.2) is 15.0 Å². The number of rotatable bonds is 4. The number of pyridine rings is 1. The third-order valence-electron chi connectivity index (χ3n) is 2.64. The zero-order valence-corrected chi connectivity index (χ0v) is 10.4. The van der Waals surface area contributed by atoms with E-state index in [2.05, 4.69) is 25.7 Å². The van der Waals surface area contributed by atoms with Crippen LogP contribution in [0, 0.1) is 13.8 Å². The molecule has 0 aliphatic carbocycles. The van der Waals surface area contributed by atoms with Crippen molar-refractivity contribution in [1.29, 1.82) is 0 Å². The highest BCUT2D eigenvalue weighted by Gasteiger charge is 2.04. The first-order valence-corrected chi connectivity index (χ1v) is 5.65. The van der Waals surface area contributed by atoms with Gasteiger partial charge in [-0.2, -0.15) is 4.98 Å². The fourth-order valence-corrected chi connectivity index (χ4v) is 1.56. The minimum Gasteiger partial charge on any atom is -0.364 e. The Hall–Kier alpha value is -2.21. The maximum atomic E-state index is 5.29. The third kappa shape index (κ3) is 2.72. The lowest BCUT2D eigenvalue weighted by molar-refractivity contribution is 0.989. The molecule has 4 N–H and O–H groups in total. The van der Waals surface area contributed by atoms with Gasteiger partial charge in [0.1, 0.15) is 5.82 Å². The molecule has 6 nitrogen and oxygen atoms in total. The van der Waals surface area contributed by atoms with Gasteiger partial charge in [0.05, 0.1) is 12.2 Å². The summed E-state index contributed by atoms with van der Waals surface area (Å²) in [4.78, 5) is 12.6. The van der Waals surface area contributed by atoms with Crippen molar-refractivity contribution in [3.8, 4) is 0 Å². The lowest BCUT2D eigenvalue weighted by Crippen LogP contribution is -2.13. The lowest BCUT2D eigenvalue weighted by atomic mass is 10.2. The fourth-order valence-electron chi connectivity index (χ4n) is 1.56. The van der Waals surface area contributed by atoms with E-state index < -0.39 is 0 Å². The molecule has 2 rings (SSSR count). The van der Waals surface area contributed by atoms with E-state index in [1.807, 2.05) is 26.0 Å². The van der Waals surface area contributed by atoms with E-state index >= 15 is 0 Å². The van der Waals surface area contributed by atoms with Gasteiger partial charge < -0.3 is 5.32 Å². The average Bonchev–Trinajstić information content (AvgIpc) is 2.39. The molecule has 6 heteroatoms. The first kappa shape index (κ1) is 12.3. The van der Waals surface area contributed by atoms with Crippen molar-refractivity contribution in [3.05, 3.63) is 41.3 Å². The molecular weight excluding hydrogens is 228 g/mol. The summed E-state index contributed by atoms with van der Waals surface area (Å²) in [5.41, 5.74) is 5.53. The Kier molecular flexibility index (Phi) is 3.69. The Morgan fingerprint density at radius 1 is 1.22 bits per heavy atom. The second-order valence-corrected chi connectivity index (χ2v) is 3.99. The summed E-state index contributed by atoms with van der Waals surface area (Å²) in [5.74, 6) is 6.43. The molecule has 0 aliphatic rings. The van der Waals surface area contributed by atoms with E-state index in [0.717, 1.165) is 22.6 Å². The number of nitrogen functional groups attached to an aromatic ring is 1. The monoisotopic (exact) mass is 244 g/mol. The molecule has 2 aromatic heterocycles. The molecule has 0 fully saturated rings. The second-order valence-electron chi connectivity index (χ2n) is 3.99. The molecule has 0 aromatic carbocycles. The molecule has 0 atom stereocenters. The van der Waals surface area contributed by atoms with Gasteiger partial charge in [-0.25, -0.2) is 10.8 Å². The molecule has 0 radical (unpaired) electrons. The molecule has 0 bridgehead atoms. The molecule has 0 aliphatic heterocycles. The molecule has 2 aromatic rings. The number of aryl methyl sites for hydroxylation is 2. The SMILES string of the molecule is Cc1cccnc1CNc1nc(NN)ncc1C. The van der Waals surface area contributed by atoms with Gasteiger partial charge in [-0.15, -0.1) is 0 Å². The molecule has 0 unspecified atom stereocenters. The minimum absolute atomic E-state index is 0.390. The summed E-state index contributed by atoms with van der Waals surface area (Å²) in [6.45, 7) is 4.59. The van der Waals surface area contributed by atoms with E-state index in [4.69, 9.17) is 5.84 Å². The summed E-state index contributed by atoms with van der Waals surface area (Å²) in [6.07, 6.45) is 3.50. The zero-order valence-electron chi connectivity index (χ0n) is 10.4. The van der Waals surface area contributed by atoms with E-state index in [1.54, 1.807) is 12.4 Å². The number of hydrogen-bond donors (Lipinski definition) is 3. The van der Waals surface area contributed by atoms with E-state index in [1.165, 1.54) is 0 Å². The van der Waals surface area contributed by atoms with Crippen molar-refractivity contribution in [2.75, 3.05) is 10.7 Å². The number of nitrogens with one attached hydrogen (secondary N) is 2. The normalized spacial score (nSPS) is 10.2. The Morgan fingerprint density at radius 3 is 2.78 bits per heavy atom. The number of aromatic nitrogens is 3. The van der Waals surface area contributed by atoms with Crippen LogP contribution in [-0.2, 0) is 6.54 Å². The Labute approximate surface area is 106 Å². The zero-order chi connectivity index (χ0) is 13.0. The maximum absolute atomic E-state index is 5.29. The summed E-state index contributed by atoms with van der Waals surface area (Å²) in [7, 11) is 0. The molecule has 0 spiro atoms. The van der Waals surface area contributed by atoms with Crippen LogP contribution in [0.4, 0.5) is 11.8 Å². The van der Waals surface area contributed by atoms with Gasteiger partial charge in [0, 0.05) is 18.0 Å². The summed E-state index contributed by atoms with van der Waals surface area (Å²) in [5, 5.41) is 3.24. The number of hydrogen-bond acceptors (Lipinski definition) is 6. The molecule has 94 valence electrons. The van der Waals surface area contributed by atoms with Crippen molar-refractivity contribution in [2.24, 2.45) is 5.84 Å². The standard InChI is InChI=1S/C12H16N6/c1-8-4-3-5-14-10(8)7-15-11-9(2)6-16-12(17-11)18-13/h3-6H,7,13H2,1-2H3,(H2,15,16,17,18). The topological polar surface area (TPSA) is 88.8 Å². The third-order valence-corrected chi connectivity index (χ3v) is 2.64. The van der Waals surface area contributed by atoms with Gasteiger partial charge in [-0.1, -0.05) is 6.07 Å². The smallest absolute Gasteiger partial charge is 0.239 e. The number of hydrazine groups is 1. The highest BCUT2D eigenvalue weighted by molar-refractivity contribution is 5.46. The van der Waals surface area contributed by atoms with Crippen LogP contribution in [0.2, 0.25) is 0 Å². The highest BCUT2D eigenvalue weighted by Crippen LogP contribution is 2.13. The van der Waals surface area contributed by atoms with Crippen LogP contribution >= 0.6 is 0 Å². The van der Waals surface area contributed by atoms with Crippen molar-refractivity contribution < 1.29 is 0 Å². The molecule has 0 saturated carbocycles. The van der Waals surface area contributed by atoms with Gasteiger partial charge in [-0.3, -0.25) is 10.4 Å². The first-order chi connectivity index (χ1) is 8.70. The van der Waals surface area contributed by atoms with E-state index in [-0.39, 0.29) is 0 Å². The van der Waals surface area contributed by atoms with Gasteiger partial charge in [0.2, 0.25) is 5.95 Å². The van der Waals surface area contributed by atoms with Crippen LogP contribution in [0.15, 0.2) is 24.5 Å². The summed E-state index contributed by atoms with van der Waals surface area (Å²) < 4.78 is 0. The molecular formula is C12H16N6. The number of anilines is 2. The van der Waals surface area contributed by atoms with E-state index in [0.29, 0.717) is 12.5 Å². The van der Waals surface area contributed by atoms with Crippen LogP contribution in [0.25, 0.3) is 0 Å². The van der Waals surface area contributed by atoms with Crippen LogP contribution in [0.1, 0.15) is 16.8 Å². The van der Waals surface area contributed by atoms with Crippen molar-refractivity contribution in [2.45, 2.75) is 20.4 Å². The van der Waals surface area contributed by atoms with Gasteiger partial charge >= 0.3 is 0 Å². The first-order valence-electron chi connectivity index (χ1n) is 5.65. The predicted octanol–water partition coefficient (Wildman–Crippen LogP) is 1.39. The quantitative estimate of drug-likeness (QED) is 0.556. The van der Waals surface area contributed by atoms with Crippen molar-refractivity contribution >= 4 is 11.8 Å². The Bertz CT molecular complexity index is 540. The van der Waals surface area contributed by atoms with Crippen molar-refractivity contribution in [1.82, 2.24) is 15.0 Å². The predicted molar refractivity (Wildman–Crippen MR) is 70.9 cm³/mol. The van der Waals surface area contributed by atoms with Gasteiger partial charge in [0.15, 0.2) is 0 Å². The number of nitrogens with two attached hydrogens (primary N) is 1. The molecule has 0 saturated heterocycles. The second kappa shape index (κ2) is 5.42. The van der Waals surface area contributed by atoms with E-state index in [9.17, 15) is 0 Å². The van der Waals surface area contributed by atoms with Crippen molar-refractivity contribution in [3.63, 3.8) is 0 Å². The fraction of sp³-hybridized carbons (Fsp3) is 0.250. The molecule has 2 heterocycles. The molecule has 0 amide bonds. The number of nitrogens with zero attached hydrogens (tertiary/aromatic N) is 3. The Morgan fingerprint density at radius 2 is 2.06 bits per heavy atom.